The summed E-state index contributed by atoms with van der Waals surface area (Å²) in [4.78, 5) is 29.2. The Morgan fingerprint density at radius 3 is 2.43 bits per heavy atom. The second-order valence-electron chi connectivity index (χ2n) is 5.76. The molecule has 28 heavy (non-hydrogen) atoms. The van der Waals surface area contributed by atoms with Crippen LogP contribution in [0.15, 0.2) is 60.8 Å². The Morgan fingerprint density at radius 1 is 1.00 bits per heavy atom. The molecule has 0 saturated carbocycles. The first-order valence-corrected chi connectivity index (χ1v) is 9.46. The van der Waals surface area contributed by atoms with Crippen molar-refractivity contribution in [3.8, 4) is 16.2 Å². The van der Waals surface area contributed by atoms with Crippen molar-refractivity contribution >= 4 is 28.4 Å². The zero-order valence-corrected chi connectivity index (χ0v) is 16.1. The molecule has 3 N–H and O–H groups in total. The van der Waals surface area contributed by atoms with Crippen LogP contribution in [0.3, 0.4) is 0 Å². The van der Waals surface area contributed by atoms with Crippen LogP contribution in [0.2, 0.25) is 0 Å². The van der Waals surface area contributed by atoms with Gasteiger partial charge in [-0.15, -0.1) is 0 Å². The lowest BCUT2D eigenvalue weighted by molar-refractivity contribution is 0.0954. The van der Waals surface area contributed by atoms with Crippen molar-refractivity contribution in [2.75, 3.05) is 25.5 Å². The molecule has 0 saturated heterocycles. The van der Waals surface area contributed by atoms with Gasteiger partial charge in [-0.1, -0.05) is 41.7 Å². The average Bonchev–Trinajstić information content (AvgIpc) is 3.20. The van der Waals surface area contributed by atoms with E-state index in [0.29, 0.717) is 29.5 Å². The second-order valence-corrected chi connectivity index (χ2v) is 6.79. The summed E-state index contributed by atoms with van der Waals surface area (Å²) in [5.41, 5.74) is 1.58. The number of anilines is 1. The number of carbonyl (C=O) groups excluding carboxylic acids is 2. The number of methoxy groups -OCH3 is 1. The molecule has 3 rings (SSSR count). The molecule has 0 radical (unpaired) electrons. The van der Waals surface area contributed by atoms with Crippen molar-refractivity contribution < 1.29 is 14.3 Å². The highest BCUT2D eigenvalue weighted by Crippen LogP contribution is 2.28. The maximum atomic E-state index is 12.0. The number of rotatable bonds is 7. The van der Waals surface area contributed by atoms with Crippen LogP contribution >= 0.6 is 11.3 Å². The van der Waals surface area contributed by atoms with E-state index in [0.717, 1.165) is 10.4 Å². The van der Waals surface area contributed by atoms with Gasteiger partial charge in [0.05, 0.1) is 12.0 Å². The third kappa shape index (κ3) is 5.31. The van der Waals surface area contributed by atoms with Crippen LogP contribution in [0.25, 0.3) is 10.4 Å². The lowest BCUT2D eigenvalue weighted by atomic mass is 10.2. The van der Waals surface area contributed by atoms with E-state index in [1.54, 1.807) is 37.6 Å². The van der Waals surface area contributed by atoms with Gasteiger partial charge >= 0.3 is 6.03 Å². The number of aromatic nitrogens is 1. The van der Waals surface area contributed by atoms with Crippen LogP contribution in [0.4, 0.5) is 9.93 Å². The number of amides is 3. The van der Waals surface area contributed by atoms with Crippen molar-refractivity contribution in [2.45, 2.75) is 0 Å². The first kappa shape index (κ1) is 19.4. The van der Waals surface area contributed by atoms with Gasteiger partial charge in [-0.05, 0) is 29.8 Å². The van der Waals surface area contributed by atoms with Crippen LogP contribution in [-0.2, 0) is 0 Å². The number of benzene rings is 2. The summed E-state index contributed by atoms with van der Waals surface area (Å²) in [6, 6.07) is 16.3. The SMILES string of the molecule is COc1ccc(C(=O)NCCNC(=O)Nc2ncc(-c3ccccc3)s2)cc1. The number of thiazole rings is 1. The van der Waals surface area contributed by atoms with Gasteiger partial charge in [0.2, 0.25) is 0 Å². The van der Waals surface area contributed by atoms with Crippen LogP contribution < -0.4 is 20.7 Å². The fourth-order valence-corrected chi connectivity index (χ4v) is 3.22. The minimum atomic E-state index is -0.368. The molecular weight excluding hydrogens is 376 g/mol. The minimum absolute atomic E-state index is 0.211. The lowest BCUT2D eigenvalue weighted by Crippen LogP contribution is -2.36. The Labute approximate surface area is 166 Å². The fourth-order valence-electron chi connectivity index (χ4n) is 2.41. The lowest BCUT2D eigenvalue weighted by Gasteiger charge is -2.08. The zero-order valence-electron chi connectivity index (χ0n) is 15.3. The molecule has 144 valence electrons. The van der Waals surface area contributed by atoms with Gasteiger partial charge in [-0.2, -0.15) is 0 Å². The number of ether oxygens (including phenoxy) is 1. The van der Waals surface area contributed by atoms with E-state index in [1.807, 2.05) is 30.3 Å². The second kappa shape index (κ2) is 9.52. The van der Waals surface area contributed by atoms with Gasteiger partial charge in [0.25, 0.3) is 5.91 Å². The molecule has 7 nitrogen and oxygen atoms in total. The Bertz CT molecular complexity index is 926. The van der Waals surface area contributed by atoms with Crippen molar-refractivity contribution in [3.63, 3.8) is 0 Å². The minimum Gasteiger partial charge on any atom is -0.497 e. The molecule has 3 amide bonds. The van der Waals surface area contributed by atoms with Crippen molar-refractivity contribution in [3.05, 3.63) is 66.4 Å². The maximum Gasteiger partial charge on any atom is 0.321 e. The summed E-state index contributed by atoms with van der Waals surface area (Å²) in [6.45, 7) is 0.607. The van der Waals surface area contributed by atoms with Crippen molar-refractivity contribution in [2.24, 2.45) is 0 Å². The summed E-state index contributed by atoms with van der Waals surface area (Å²) in [6.07, 6.45) is 1.73. The van der Waals surface area contributed by atoms with Crippen LogP contribution in [-0.4, -0.2) is 37.1 Å². The highest BCUT2D eigenvalue weighted by atomic mass is 32.1. The molecule has 0 aliphatic heterocycles. The molecule has 2 aromatic carbocycles. The molecule has 0 aliphatic rings. The van der Waals surface area contributed by atoms with Gasteiger partial charge in [0.1, 0.15) is 5.75 Å². The molecule has 0 fully saturated rings. The van der Waals surface area contributed by atoms with Crippen LogP contribution in [0.5, 0.6) is 5.75 Å². The van der Waals surface area contributed by atoms with Gasteiger partial charge in [0.15, 0.2) is 5.13 Å². The predicted octanol–water partition coefficient (Wildman–Crippen LogP) is 3.37. The summed E-state index contributed by atoms with van der Waals surface area (Å²) in [7, 11) is 1.57. The molecule has 0 atom stereocenters. The van der Waals surface area contributed by atoms with Gasteiger partial charge < -0.3 is 15.4 Å². The monoisotopic (exact) mass is 396 g/mol. The molecule has 3 aromatic rings. The fraction of sp³-hybridized carbons (Fsp3) is 0.150. The molecule has 1 heterocycles. The van der Waals surface area contributed by atoms with E-state index in [9.17, 15) is 9.59 Å². The molecule has 0 bridgehead atoms. The zero-order chi connectivity index (χ0) is 19.8. The number of hydrogen-bond donors (Lipinski definition) is 3. The van der Waals surface area contributed by atoms with Crippen LogP contribution in [0.1, 0.15) is 10.4 Å². The number of urea groups is 1. The Morgan fingerprint density at radius 2 is 1.71 bits per heavy atom. The van der Waals surface area contributed by atoms with E-state index < -0.39 is 0 Å². The van der Waals surface area contributed by atoms with Gasteiger partial charge in [-0.3, -0.25) is 10.1 Å². The normalized spacial score (nSPS) is 10.2. The maximum absolute atomic E-state index is 12.0. The summed E-state index contributed by atoms with van der Waals surface area (Å²) < 4.78 is 5.06. The summed E-state index contributed by atoms with van der Waals surface area (Å²) in [5.74, 6) is 0.477. The highest BCUT2D eigenvalue weighted by Gasteiger charge is 2.08. The molecule has 0 unspecified atom stereocenters. The number of hydrogen-bond acceptors (Lipinski definition) is 5. The quantitative estimate of drug-likeness (QED) is 0.534. The van der Waals surface area contributed by atoms with Crippen molar-refractivity contribution in [1.29, 1.82) is 0 Å². The predicted molar refractivity (Wildman–Crippen MR) is 110 cm³/mol. The standard InChI is InChI=1S/C20H20N4O3S/c1-27-16-9-7-15(8-10-16)18(25)21-11-12-22-19(26)24-20-23-13-17(28-20)14-5-3-2-4-6-14/h2-10,13H,11-12H2,1H3,(H,21,25)(H2,22,23,24,26). The van der Waals surface area contributed by atoms with Crippen LogP contribution in [0, 0.1) is 0 Å². The average molecular weight is 396 g/mol. The third-order valence-electron chi connectivity index (χ3n) is 3.83. The Balaban J connectivity index is 1.40. The molecule has 8 heteroatoms. The summed E-state index contributed by atoms with van der Waals surface area (Å²) >= 11 is 1.40. The van der Waals surface area contributed by atoms with E-state index in [4.69, 9.17) is 4.74 Å². The van der Waals surface area contributed by atoms with Gasteiger partial charge in [-0.25, -0.2) is 9.78 Å². The van der Waals surface area contributed by atoms with Gasteiger partial charge in [0, 0.05) is 24.8 Å². The highest BCUT2D eigenvalue weighted by molar-refractivity contribution is 7.19. The Hall–Kier alpha value is -3.39. The van der Waals surface area contributed by atoms with Crippen molar-refractivity contribution in [1.82, 2.24) is 15.6 Å². The summed E-state index contributed by atoms with van der Waals surface area (Å²) in [5, 5.41) is 8.64. The number of nitrogens with zero attached hydrogens (tertiary/aromatic N) is 1. The number of carbonyl (C=O) groups is 2. The number of nitrogens with one attached hydrogen (secondary N) is 3. The molecule has 0 aliphatic carbocycles. The smallest absolute Gasteiger partial charge is 0.321 e. The third-order valence-corrected chi connectivity index (χ3v) is 4.79. The first-order chi connectivity index (χ1) is 13.7. The first-order valence-electron chi connectivity index (χ1n) is 8.64. The molecule has 0 spiro atoms. The molecular formula is C20H20N4O3S. The van der Waals surface area contributed by atoms with E-state index in [2.05, 4.69) is 20.9 Å². The van der Waals surface area contributed by atoms with E-state index in [-0.39, 0.29) is 11.9 Å². The van der Waals surface area contributed by atoms with E-state index in [1.165, 1.54) is 11.3 Å². The van der Waals surface area contributed by atoms with E-state index >= 15 is 0 Å². The topological polar surface area (TPSA) is 92.4 Å². The Kier molecular flexibility index (Phi) is 6.59. The largest absolute Gasteiger partial charge is 0.497 e. The molecule has 1 aromatic heterocycles.